The van der Waals surface area contributed by atoms with Crippen LogP contribution in [0.25, 0.3) is 17.1 Å². The monoisotopic (exact) mass is 371 g/mol. The van der Waals surface area contributed by atoms with E-state index >= 15 is 0 Å². The number of rotatable bonds is 6. The second-order valence-electron chi connectivity index (χ2n) is 6.62. The van der Waals surface area contributed by atoms with Crippen molar-refractivity contribution in [1.29, 1.82) is 0 Å². The molecule has 1 amide bonds. The van der Waals surface area contributed by atoms with Gasteiger partial charge in [-0.15, -0.1) is 0 Å². The molecule has 6 nitrogen and oxygen atoms in total. The Morgan fingerprint density at radius 1 is 1.38 bits per heavy atom. The number of aryl methyl sites for hydroxylation is 1. The van der Waals surface area contributed by atoms with E-state index in [1.54, 1.807) is 10.8 Å². The Hall–Kier alpha value is -2.60. The first-order chi connectivity index (χ1) is 12.4. The Morgan fingerprint density at radius 3 is 2.88 bits per heavy atom. The molecule has 0 spiro atoms. The van der Waals surface area contributed by atoms with Crippen LogP contribution in [0.2, 0.25) is 5.15 Å². The summed E-state index contributed by atoms with van der Waals surface area (Å²) in [5.74, 6) is 0.945. The lowest BCUT2D eigenvalue weighted by molar-refractivity contribution is -0.116. The maximum atomic E-state index is 12.1. The summed E-state index contributed by atoms with van der Waals surface area (Å²) >= 11 is 6.38. The summed E-state index contributed by atoms with van der Waals surface area (Å²) in [5, 5.41) is 7.80. The number of amides is 1. The van der Waals surface area contributed by atoms with Gasteiger partial charge in [0.15, 0.2) is 0 Å². The number of hydrogen-bond acceptors (Lipinski definition) is 3. The Labute approximate surface area is 157 Å². The molecule has 2 heterocycles. The van der Waals surface area contributed by atoms with Gasteiger partial charge in [0.25, 0.3) is 0 Å². The zero-order chi connectivity index (χ0) is 18.7. The summed E-state index contributed by atoms with van der Waals surface area (Å²) in [6.07, 6.45) is 3.17. The number of aromatic amines is 1. The second-order valence-corrected chi connectivity index (χ2v) is 6.98. The molecule has 2 aromatic heterocycles. The fourth-order valence-corrected chi connectivity index (χ4v) is 3.01. The Morgan fingerprint density at radius 2 is 2.15 bits per heavy atom. The van der Waals surface area contributed by atoms with Crippen LogP contribution in [-0.4, -0.2) is 25.7 Å². The van der Waals surface area contributed by atoms with Gasteiger partial charge in [0.2, 0.25) is 5.91 Å². The minimum atomic E-state index is -0.211. The highest BCUT2D eigenvalue weighted by molar-refractivity contribution is 6.31. The molecule has 0 fully saturated rings. The van der Waals surface area contributed by atoms with Crippen LogP contribution in [0.1, 0.15) is 30.9 Å². The van der Waals surface area contributed by atoms with Gasteiger partial charge in [0, 0.05) is 18.2 Å². The van der Waals surface area contributed by atoms with Gasteiger partial charge in [0.1, 0.15) is 11.0 Å². The third-order valence-corrected chi connectivity index (χ3v) is 4.32. The topological polar surface area (TPSA) is 75.6 Å². The fraction of sp³-hybridized carbons (Fsp3) is 0.316. The number of hydrogen-bond donors (Lipinski definition) is 2. The number of carbonyl (C=O) groups is 1. The van der Waals surface area contributed by atoms with Crippen molar-refractivity contribution in [2.75, 3.05) is 0 Å². The summed E-state index contributed by atoms with van der Waals surface area (Å²) in [5.41, 5.74) is 3.41. The van der Waals surface area contributed by atoms with Gasteiger partial charge in [-0.1, -0.05) is 37.6 Å². The number of nitrogens with zero attached hydrogens (tertiary/aromatic N) is 3. The van der Waals surface area contributed by atoms with E-state index in [0.29, 0.717) is 23.4 Å². The normalized spacial score (nSPS) is 11.7. The lowest BCUT2D eigenvalue weighted by Crippen LogP contribution is -2.20. The number of nitrogens with one attached hydrogen (secondary N) is 2. The minimum absolute atomic E-state index is 0.211. The summed E-state index contributed by atoms with van der Waals surface area (Å²) in [6, 6.07) is 7.75. The predicted octanol–water partition coefficient (Wildman–Crippen LogP) is 3.71. The summed E-state index contributed by atoms with van der Waals surface area (Å²) in [4.78, 5) is 19.7. The maximum Gasteiger partial charge on any atom is 0.244 e. The van der Waals surface area contributed by atoms with Crippen LogP contribution in [0.5, 0.6) is 0 Å². The third-order valence-electron chi connectivity index (χ3n) is 3.92. The number of halogens is 1. The zero-order valence-electron chi connectivity index (χ0n) is 15.1. The van der Waals surface area contributed by atoms with Gasteiger partial charge in [-0.05, 0) is 31.1 Å². The standard InChI is InChI=1S/C19H22ClN5O/c1-12(2)11-25-19(20)14(13(3)24-25)8-9-18(26)21-10-17-22-15-6-4-5-7-16(15)23-17/h4-9,12H,10-11H2,1-3H3,(H,21,26)(H,22,23). The lowest BCUT2D eigenvalue weighted by atomic mass is 10.2. The van der Waals surface area contributed by atoms with E-state index in [4.69, 9.17) is 11.6 Å². The molecule has 0 aliphatic carbocycles. The van der Waals surface area contributed by atoms with E-state index in [-0.39, 0.29) is 5.91 Å². The number of fused-ring (bicyclic) bond motifs is 1. The number of carbonyl (C=O) groups excluding carboxylic acids is 1. The molecule has 0 bridgehead atoms. The SMILES string of the molecule is Cc1nn(CC(C)C)c(Cl)c1C=CC(=O)NCc1nc2ccccc2[nH]1. The first-order valence-electron chi connectivity index (χ1n) is 8.56. The van der Waals surface area contributed by atoms with Crippen LogP contribution >= 0.6 is 11.6 Å². The molecule has 0 unspecified atom stereocenters. The van der Waals surface area contributed by atoms with Crippen LogP contribution in [0.15, 0.2) is 30.3 Å². The van der Waals surface area contributed by atoms with Gasteiger partial charge in [0.05, 0.1) is 23.3 Å². The van der Waals surface area contributed by atoms with Gasteiger partial charge in [-0.3, -0.25) is 9.48 Å². The summed E-state index contributed by atoms with van der Waals surface area (Å²) in [6.45, 7) is 7.17. The second kappa shape index (κ2) is 7.74. The minimum Gasteiger partial charge on any atom is -0.345 e. The average molecular weight is 372 g/mol. The molecule has 2 N–H and O–H groups in total. The molecule has 3 aromatic rings. The van der Waals surface area contributed by atoms with Crippen molar-refractivity contribution in [2.24, 2.45) is 5.92 Å². The van der Waals surface area contributed by atoms with E-state index in [1.807, 2.05) is 31.2 Å². The molecule has 0 radical (unpaired) electrons. The molecule has 7 heteroatoms. The number of benzene rings is 1. The zero-order valence-corrected chi connectivity index (χ0v) is 15.8. The van der Waals surface area contributed by atoms with Crippen LogP contribution in [0, 0.1) is 12.8 Å². The Balaban J connectivity index is 1.63. The molecule has 0 aliphatic heterocycles. The molecule has 26 heavy (non-hydrogen) atoms. The Kier molecular flexibility index (Phi) is 5.42. The largest absolute Gasteiger partial charge is 0.345 e. The van der Waals surface area contributed by atoms with Crippen LogP contribution in [0.3, 0.4) is 0 Å². The maximum absolute atomic E-state index is 12.1. The predicted molar refractivity (Wildman–Crippen MR) is 104 cm³/mol. The average Bonchev–Trinajstić information content (AvgIpc) is 3.12. The van der Waals surface area contributed by atoms with Crippen LogP contribution < -0.4 is 5.32 Å². The van der Waals surface area contributed by atoms with Crippen LogP contribution in [-0.2, 0) is 17.9 Å². The molecule has 136 valence electrons. The first-order valence-corrected chi connectivity index (χ1v) is 8.94. The smallest absolute Gasteiger partial charge is 0.244 e. The number of imidazole rings is 1. The van der Waals surface area contributed by atoms with E-state index in [9.17, 15) is 4.79 Å². The van der Waals surface area contributed by atoms with Crippen molar-refractivity contribution in [3.8, 4) is 0 Å². The van der Waals surface area contributed by atoms with Gasteiger partial charge >= 0.3 is 0 Å². The molecule has 0 saturated heterocycles. The molecule has 3 rings (SSSR count). The molecule has 0 saturated carbocycles. The fourth-order valence-electron chi connectivity index (χ4n) is 2.70. The summed E-state index contributed by atoms with van der Waals surface area (Å²) in [7, 11) is 0. The molecule has 0 atom stereocenters. The van der Waals surface area contributed by atoms with Crippen molar-refractivity contribution < 1.29 is 4.79 Å². The highest BCUT2D eigenvalue weighted by Crippen LogP contribution is 2.22. The molecule has 1 aromatic carbocycles. The number of H-pyrrole nitrogens is 1. The number of aromatic nitrogens is 4. The first kappa shape index (κ1) is 18.2. The van der Waals surface area contributed by atoms with E-state index in [1.165, 1.54) is 6.08 Å². The van der Waals surface area contributed by atoms with Crippen molar-refractivity contribution in [2.45, 2.75) is 33.9 Å². The van der Waals surface area contributed by atoms with E-state index in [2.05, 4.69) is 34.2 Å². The highest BCUT2D eigenvalue weighted by Gasteiger charge is 2.12. The van der Waals surface area contributed by atoms with Gasteiger partial charge in [-0.2, -0.15) is 5.10 Å². The third kappa shape index (κ3) is 4.14. The van der Waals surface area contributed by atoms with Gasteiger partial charge in [-0.25, -0.2) is 4.98 Å². The quantitative estimate of drug-likeness (QED) is 0.648. The molecule has 0 aliphatic rings. The number of para-hydroxylation sites is 2. The highest BCUT2D eigenvalue weighted by atomic mass is 35.5. The van der Waals surface area contributed by atoms with Crippen molar-refractivity contribution in [3.05, 3.63) is 52.6 Å². The Bertz CT molecular complexity index is 921. The van der Waals surface area contributed by atoms with Gasteiger partial charge < -0.3 is 10.3 Å². The van der Waals surface area contributed by atoms with Crippen molar-refractivity contribution in [1.82, 2.24) is 25.1 Å². The van der Waals surface area contributed by atoms with Crippen molar-refractivity contribution >= 4 is 34.6 Å². The summed E-state index contributed by atoms with van der Waals surface area (Å²) < 4.78 is 1.77. The van der Waals surface area contributed by atoms with E-state index < -0.39 is 0 Å². The molecular formula is C19H22ClN5O. The van der Waals surface area contributed by atoms with Crippen molar-refractivity contribution in [3.63, 3.8) is 0 Å². The van der Waals surface area contributed by atoms with E-state index in [0.717, 1.165) is 28.8 Å². The lowest BCUT2D eigenvalue weighted by Gasteiger charge is -2.05. The molecular weight excluding hydrogens is 350 g/mol. The van der Waals surface area contributed by atoms with Crippen LogP contribution in [0.4, 0.5) is 0 Å².